The van der Waals surface area contributed by atoms with Crippen molar-refractivity contribution in [2.24, 2.45) is 0 Å². The van der Waals surface area contributed by atoms with Gasteiger partial charge in [0.15, 0.2) is 16.6 Å². The van der Waals surface area contributed by atoms with Gasteiger partial charge in [-0.15, -0.1) is 0 Å². The Morgan fingerprint density at radius 2 is 1.95 bits per heavy atom. The number of hydrogen-bond donors (Lipinski definition) is 3. The molecule has 3 rings (SSSR count). The van der Waals surface area contributed by atoms with E-state index in [0.29, 0.717) is 5.11 Å². The van der Waals surface area contributed by atoms with Gasteiger partial charge in [-0.05, 0) is 37.2 Å². The molecule has 1 saturated carbocycles. The average Bonchev–Trinajstić information content (AvgIpc) is 3.04. The van der Waals surface area contributed by atoms with Gasteiger partial charge in [-0.3, -0.25) is 0 Å². The third kappa shape index (κ3) is 3.44. The van der Waals surface area contributed by atoms with E-state index < -0.39 is 5.79 Å². The predicted molar refractivity (Wildman–Crippen MR) is 90.8 cm³/mol. The maximum absolute atomic E-state index is 6.06. The van der Waals surface area contributed by atoms with Crippen molar-refractivity contribution in [3.63, 3.8) is 0 Å². The molecule has 0 bridgehead atoms. The third-order valence-corrected chi connectivity index (χ3v) is 4.32. The van der Waals surface area contributed by atoms with Crippen LogP contribution in [-0.2, 0) is 0 Å². The largest absolute Gasteiger partial charge is 0.448 e. The van der Waals surface area contributed by atoms with Crippen LogP contribution in [0.15, 0.2) is 18.2 Å². The molecule has 0 aromatic heterocycles. The van der Waals surface area contributed by atoms with Crippen molar-refractivity contribution in [1.29, 1.82) is 0 Å². The summed E-state index contributed by atoms with van der Waals surface area (Å²) in [5.41, 5.74) is 0.923. The van der Waals surface area contributed by atoms with Gasteiger partial charge >= 0.3 is 0 Å². The van der Waals surface area contributed by atoms with E-state index in [1.165, 1.54) is 17.7 Å². The zero-order chi connectivity index (χ0) is 15.6. The highest BCUT2D eigenvalue weighted by atomic mass is 32.1. The van der Waals surface area contributed by atoms with Gasteiger partial charge in [0.25, 0.3) is 5.79 Å². The lowest BCUT2D eigenvalue weighted by atomic mass is 10.2. The molecule has 1 aliphatic carbocycles. The summed E-state index contributed by atoms with van der Waals surface area (Å²) in [5.74, 6) is 1.24. The van der Waals surface area contributed by atoms with E-state index in [4.69, 9.17) is 21.7 Å². The average molecular weight is 322 g/mol. The molecule has 0 atom stereocenters. The molecule has 0 radical (unpaired) electrons. The summed E-state index contributed by atoms with van der Waals surface area (Å²) in [4.78, 5) is 1.39. The Morgan fingerprint density at radius 3 is 2.68 bits per heavy atom. The van der Waals surface area contributed by atoms with Crippen molar-refractivity contribution in [1.82, 2.24) is 5.32 Å². The second-order valence-electron chi connectivity index (χ2n) is 6.32. The lowest BCUT2D eigenvalue weighted by Gasteiger charge is -2.21. The summed E-state index contributed by atoms with van der Waals surface area (Å²) >= 11 is 5.31. The Labute approximate surface area is 137 Å². The van der Waals surface area contributed by atoms with Crippen molar-refractivity contribution in [2.45, 2.75) is 31.5 Å². The summed E-state index contributed by atoms with van der Waals surface area (Å²) in [6, 6.07) is 5.90. The van der Waals surface area contributed by atoms with Crippen LogP contribution in [-0.4, -0.2) is 38.1 Å². The number of thiocarbonyl (C=S) groups is 1. The number of nitrogens with one attached hydrogen (secondary N) is 3. The Bertz CT molecular complexity index is 556. The fourth-order valence-corrected chi connectivity index (χ4v) is 3.11. The van der Waals surface area contributed by atoms with Crippen molar-refractivity contribution >= 4 is 23.0 Å². The number of rotatable bonds is 4. The van der Waals surface area contributed by atoms with Gasteiger partial charge in [0.1, 0.15) is 0 Å². The molecular weight excluding hydrogens is 298 g/mol. The Morgan fingerprint density at radius 1 is 1.23 bits per heavy atom. The van der Waals surface area contributed by atoms with Crippen LogP contribution in [0.25, 0.3) is 0 Å². The highest BCUT2D eigenvalue weighted by molar-refractivity contribution is 7.80. The van der Waals surface area contributed by atoms with E-state index >= 15 is 0 Å². The number of anilines is 1. The molecule has 1 aliphatic heterocycles. The first-order chi connectivity index (χ1) is 10.6. The zero-order valence-electron chi connectivity index (χ0n) is 13.2. The second-order valence-corrected chi connectivity index (χ2v) is 6.73. The van der Waals surface area contributed by atoms with Crippen LogP contribution in [0.1, 0.15) is 25.7 Å². The fraction of sp³-hybridized carbons (Fsp3) is 0.562. The number of fused-ring (bicyclic) bond motifs is 1. The van der Waals surface area contributed by atoms with Gasteiger partial charge < -0.3 is 25.0 Å². The highest BCUT2D eigenvalue weighted by Gasteiger charge is 2.44. The van der Waals surface area contributed by atoms with Crippen LogP contribution in [0.3, 0.4) is 0 Å². The van der Waals surface area contributed by atoms with Crippen LogP contribution in [0.2, 0.25) is 0 Å². The SMILES string of the molecule is C[NH+](C)CCNC(=S)Nc1ccc2c(c1)OC1(CCCC1)O2. The van der Waals surface area contributed by atoms with Crippen molar-refractivity contribution < 1.29 is 14.4 Å². The number of ether oxygens (including phenoxy) is 2. The normalized spacial score (nSPS) is 18.0. The molecule has 22 heavy (non-hydrogen) atoms. The maximum Gasteiger partial charge on any atom is 0.251 e. The number of benzene rings is 1. The first-order valence-corrected chi connectivity index (χ1v) is 8.33. The van der Waals surface area contributed by atoms with E-state index in [2.05, 4.69) is 24.7 Å². The Hall–Kier alpha value is -1.53. The molecule has 1 aromatic carbocycles. The van der Waals surface area contributed by atoms with Crippen LogP contribution in [0, 0.1) is 0 Å². The molecule has 2 aliphatic rings. The third-order valence-electron chi connectivity index (χ3n) is 4.07. The monoisotopic (exact) mass is 322 g/mol. The molecule has 120 valence electrons. The summed E-state index contributed by atoms with van der Waals surface area (Å²) in [5, 5.41) is 7.04. The zero-order valence-corrected chi connectivity index (χ0v) is 14.0. The fourth-order valence-electron chi connectivity index (χ4n) is 2.89. The molecule has 5 nitrogen and oxygen atoms in total. The van der Waals surface area contributed by atoms with Crippen molar-refractivity contribution in [2.75, 3.05) is 32.5 Å². The first kappa shape index (κ1) is 15.4. The Kier molecular flexibility index (Phi) is 4.40. The smallest absolute Gasteiger partial charge is 0.251 e. The highest BCUT2D eigenvalue weighted by Crippen LogP contribution is 2.47. The topological polar surface area (TPSA) is 47.0 Å². The van der Waals surface area contributed by atoms with Crippen LogP contribution >= 0.6 is 12.2 Å². The van der Waals surface area contributed by atoms with E-state index in [9.17, 15) is 0 Å². The predicted octanol–water partition coefficient (Wildman–Crippen LogP) is 1.16. The molecule has 6 heteroatoms. The molecule has 1 fully saturated rings. The van der Waals surface area contributed by atoms with Gasteiger partial charge in [-0.1, -0.05) is 0 Å². The second kappa shape index (κ2) is 6.30. The molecule has 1 spiro atoms. The van der Waals surface area contributed by atoms with Crippen LogP contribution < -0.4 is 25.0 Å². The standard InChI is InChI=1S/C16H23N3O2S/c1-19(2)10-9-17-15(22)18-12-5-6-13-14(11-12)21-16(20-13)7-3-4-8-16/h5-6,11H,3-4,7-10H2,1-2H3,(H2,17,18,22)/p+1. The number of quaternary nitrogens is 1. The summed E-state index contributed by atoms with van der Waals surface area (Å²) < 4.78 is 12.1. The van der Waals surface area contributed by atoms with Crippen molar-refractivity contribution in [3.8, 4) is 11.5 Å². The molecule has 3 N–H and O–H groups in total. The first-order valence-electron chi connectivity index (χ1n) is 7.92. The minimum absolute atomic E-state index is 0.409. The molecule has 0 amide bonds. The molecule has 1 aromatic rings. The van der Waals surface area contributed by atoms with E-state index in [0.717, 1.165) is 43.1 Å². The number of hydrogen-bond acceptors (Lipinski definition) is 3. The molecule has 0 unspecified atom stereocenters. The summed E-state index contributed by atoms with van der Waals surface area (Å²) in [7, 11) is 4.24. The van der Waals surface area contributed by atoms with Crippen LogP contribution in [0.5, 0.6) is 11.5 Å². The molecule has 1 heterocycles. The van der Waals surface area contributed by atoms with Gasteiger partial charge in [-0.25, -0.2) is 0 Å². The van der Waals surface area contributed by atoms with Gasteiger partial charge in [0, 0.05) is 24.6 Å². The van der Waals surface area contributed by atoms with Gasteiger partial charge in [0.2, 0.25) is 0 Å². The van der Waals surface area contributed by atoms with E-state index in [-0.39, 0.29) is 0 Å². The van der Waals surface area contributed by atoms with Gasteiger partial charge in [0.05, 0.1) is 27.2 Å². The molecule has 0 saturated heterocycles. The molecular formula is C16H24N3O2S+. The minimum atomic E-state index is -0.409. The maximum atomic E-state index is 6.06. The van der Waals surface area contributed by atoms with E-state index in [1.54, 1.807) is 0 Å². The number of likely N-dealkylation sites (N-methyl/N-ethyl adjacent to an activating group) is 1. The Balaban J connectivity index is 1.57. The minimum Gasteiger partial charge on any atom is -0.448 e. The lowest BCUT2D eigenvalue weighted by Crippen LogP contribution is -3.06. The van der Waals surface area contributed by atoms with Crippen molar-refractivity contribution in [3.05, 3.63) is 18.2 Å². The van der Waals surface area contributed by atoms with Gasteiger partial charge in [-0.2, -0.15) is 0 Å². The quantitative estimate of drug-likeness (QED) is 0.726. The lowest BCUT2D eigenvalue weighted by molar-refractivity contribution is -0.856. The van der Waals surface area contributed by atoms with Crippen LogP contribution in [0.4, 0.5) is 5.69 Å². The summed E-state index contributed by atoms with van der Waals surface area (Å²) in [6.07, 6.45) is 4.27. The van der Waals surface area contributed by atoms with E-state index in [1.807, 2.05) is 18.2 Å². The summed E-state index contributed by atoms with van der Waals surface area (Å²) in [6.45, 7) is 1.87.